The SMILES string of the molecule is COC(=O)c1c(NC2CNC2)nn(C(C)(C)C)c1N. The lowest BCUT2D eigenvalue weighted by atomic mass is 10.1. The smallest absolute Gasteiger partial charge is 0.345 e. The molecule has 7 heteroatoms. The van der Waals surface area contributed by atoms with Gasteiger partial charge in [-0.2, -0.15) is 5.10 Å². The van der Waals surface area contributed by atoms with Crippen molar-refractivity contribution in [1.29, 1.82) is 0 Å². The molecule has 1 saturated heterocycles. The van der Waals surface area contributed by atoms with Crippen LogP contribution in [0.1, 0.15) is 31.1 Å². The minimum Gasteiger partial charge on any atom is -0.465 e. The van der Waals surface area contributed by atoms with Crippen LogP contribution >= 0.6 is 0 Å². The third-order valence-corrected chi connectivity index (χ3v) is 3.07. The number of ether oxygens (including phenoxy) is 1. The van der Waals surface area contributed by atoms with Gasteiger partial charge in [0.15, 0.2) is 5.82 Å². The molecular formula is C12H21N5O2. The predicted molar refractivity (Wildman–Crippen MR) is 73.3 cm³/mol. The normalized spacial score (nSPS) is 16.0. The van der Waals surface area contributed by atoms with E-state index in [1.807, 2.05) is 20.8 Å². The van der Waals surface area contributed by atoms with Gasteiger partial charge in [-0.3, -0.25) is 0 Å². The van der Waals surface area contributed by atoms with E-state index in [2.05, 4.69) is 15.7 Å². The van der Waals surface area contributed by atoms with Crippen LogP contribution in [-0.4, -0.2) is 42.0 Å². The average Bonchev–Trinajstić information content (AvgIpc) is 2.59. The third kappa shape index (κ3) is 2.51. The van der Waals surface area contributed by atoms with Crippen molar-refractivity contribution in [3.05, 3.63) is 5.56 Å². The number of nitrogens with one attached hydrogen (secondary N) is 2. The monoisotopic (exact) mass is 267 g/mol. The Labute approximate surface area is 112 Å². The Morgan fingerprint density at radius 3 is 2.58 bits per heavy atom. The van der Waals surface area contributed by atoms with Crippen molar-refractivity contribution in [1.82, 2.24) is 15.1 Å². The molecule has 1 aliphatic rings. The topological polar surface area (TPSA) is 94.2 Å². The molecule has 106 valence electrons. The van der Waals surface area contributed by atoms with E-state index in [1.165, 1.54) is 7.11 Å². The molecule has 19 heavy (non-hydrogen) atoms. The summed E-state index contributed by atoms with van der Waals surface area (Å²) in [7, 11) is 1.34. The van der Waals surface area contributed by atoms with E-state index in [4.69, 9.17) is 10.5 Å². The number of hydrogen-bond donors (Lipinski definition) is 3. The molecule has 0 saturated carbocycles. The summed E-state index contributed by atoms with van der Waals surface area (Å²) >= 11 is 0. The molecule has 0 aliphatic carbocycles. The summed E-state index contributed by atoms with van der Waals surface area (Å²) in [6.07, 6.45) is 0. The summed E-state index contributed by atoms with van der Waals surface area (Å²) < 4.78 is 6.44. The van der Waals surface area contributed by atoms with E-state index in [0.29, 0.717) is 17.2 Å². The van der Waals surface area contributed by atoms with Crippen molar-refractivity contribution in [2.45, 2.75) is 32.4 Å². The largest absolute Gasteiger partial charge is 0.465 e. The zero-order chi connectivity index (χ0) is 14.2. The maximum atomic E-state index is 11.9. The van der Waals surface area contributed by atoms with Gasteiger partial charge in [-0.05, 0) is 20.8 Å². The molecule has 0 amide bonds. The Balaban J connectivity index is 2.41. The quantitative estimate of drug-likeness (QED) is 0.686. The van der Waals surface area contributed by atoms with Crippen LogP contribution in [0.3, 0.4) is 0 Å². The molecule has 1 aromatic rings. The van der Waals surface area contributed by atoms with Crippen molar-refractivity contribution >= 4 is 17.6 Å². The Hall–Kier alpha value is -1.76. The molecule has 1 aliphatic heterocycles. The number of esters is 1. The number of nitrogens with two attached hydrogens (primary N) is 1. The fourth-order valence-corrected chi connectivity index (χ4v) is 1.93. The van der Waals surface area contributed by atoms with Crippen LogP contribution in [0, 0.1) is 0 Å². The number of carbonyl (C=O) groups is 1. The molecular weight excluding hydrogens is 246 g/mol. The fourth-order valence-electron chi connectivity index (χ4n) is 1.93. The Morgan fingerprint density at radius 2 is 2.16 bits per heavy atom. The summed E-state index contributed by atoms with van der Waals surface area (Å²) in [5.41, 5.74) is 6.05. The highest BCUT2D eigenvalue weighted by Crippen LogP contribution is 2.28. The number of rotatable bonds is 3. The molecule has 7 nitrogen and oxygen atoms in total. The van der Waals surface area contributed by atoms with Crippen LogP contribution in [0.25, 0.3) is 0 Å². The zero-order valence-corrected chi connectivity index (χ0v) is 11.8. The van der Waals surface area contributed by atoms with Gasteiger partial charge in [0, 0.05) is 13.1 Å². The second-order valence-corrected chi connectivity index (χ2v) is 5.68. The molecule has 0 spiro atoms. The molecule has 0 aromatic carbocycles. The first-order valence-electron chi connectivity index (χ1n) is 6.29. The maximum Gasteiger partial charge on any atom is 0.345 e. The lowest BCUT2D eigenvalue weighted by Crippen LogP contribution is -2.51. The van der Waals surface area contributed by atoms with Crippen LogP contribution in [0.4, 0.5) is 11.6 Å². The van der Waals surface area contributed by atoms with Crippen molar-refractivity contribution in [2.75, 3.05) is 31.2 Å². The summed E-state index contributed by atoms with van der Waals surface area (Å²) in [6.45, 7) is 7.64. The lowest BCUT2D eigenvalue weighted by Gasteiger charge is -2.28. The molecule has 0 radical (unpaired) electrons. The van der Waals surface area contributed by atoms with Gasteiger partial charge in [0.05, 0.1) is 18.7 Å². The van der Waals surface area contributed by atoms with Gasteiger partial charge >= 0.3 is 5.97 Å². The van der Waals surface area contributed by atoms with Gasteiger partial charge in [0.2, 0.25) is 0 Å². The van der Waals surface area contributed by atoms with Crippen LogP contribution in [-0.2, 0) is 10.3 Å². The third-order valence-electron chi connectivity index (χ3n) is 3.07. The number of aromatic nitrogens is 2. The molecule has 0 atom stereocenters. The summed E-state index contributed by atoms with van der Waals surface area (Å²) in [5.74, 6) is 0.350. The van der Waals surface area contributed by atoms with Gasteiger partial charge in [-0.15, -0.1) is 0 Å². The molecule has 0 unspecified atom stereocenters. The molecule has 1 aromatic heterocycles. The zero-order valence-electron chi connectivity index (χ0n) is 11.8. The van der Waals surface area contributed by atoms with Crippen molar-refractivity contribution in [2.24, 2.45) is 0 Å². The van der Waals surface area contributed by atoms with E-state index in [9.17, 15) is 4.79 Å². The number of carbonyl (C=O) groups excluding carboxylic acids is 1. The molecule has 4 N–H and O–H groups in total. The van der Waals surface area contributed by atoms with Gasteiger partial charge in [0.1, 0.15) is 11.4 Å². The highest BCUT2D eigenvalue weighted by molar-refractivity contribution is 5.99. The second kappa shape index (κ2) is 4.73. The van der Waals surface area contributed by atoms with Gasteiger partial charge in [-0.25, -0.2) is 9.48 Å². The van der Waals surface area contributed by atoms with Gasteiger partial charge in [-0.1, -0.05) is 0 Å². The standard InChI is InChI=1S/C12H21N5O2/c1-12(2,3)17-9(13)8(11(18)19-4)10(16-17)15-7-5-14-6-7/h7,14H,5-6,13H2,1-4H3,(H,15,16). The molecule has 2 heterocycles. The number of nitrogen functional groups attached to an aromatic ring is 1. The predicted octanol–water partition coefficient (Wildman–Crippen LogP) is 0.391. The summed E-state index contributed by atoms with van der Waals surface area (Å²) in [6, 6.07) is 0.270. The number of nitrogens with zero attached hydrogens (tertiary/aromatic N) is 2. The first-order valence-corrected chi connectivity index (χ1v) is 6.29. The van der Waals surface area contributed by atoms with Gasteiger partial charge < -0.3 is 21.1 Å². The summed E-state index contributed by atoms with van der Waals surface area (Å²) in [4.78, 5) is 11.9. The van der Waals surface area contributed by atoms with E-state index in [-0.39, 0.29) is 11.6 Å². The van der Waals surface area contributed by atoms with E-state index < -0.39 is 5.97 Å². The maximum absolute atomic E-state index is 11.9. The van der Waals surface area contributed by atoms with Gasteiger partial charge in [0.25, 0.3) is 0 Å². The number of hydrogen-bond acceptors (Lipinski definition) is 6. The molecule has 0 bridgehead atoms. The minimum absolute atomic E-state index is 0.270. The van der Waals surface area contributed by atoms with Crippen LogP contribution < -0.4 is 16.4 Å². The first kappa shape index (κ1) is 13.7. The van der Waals surface area contributed by atoms with Crippen molar-refractivity contribution in [3.63, 3.8) is 0 Å². The lowest BCUT2D eigenvalue weighted by molar-refractivity contribution is 0.0603. The van der Waals surface area contributed by atoms with Crippen LogP contribution in [0.15, 0.2) is 0 Å². The fraction of sp³-hybridized carbons (Fsp3) is 0.667. The van der Waals surface area contributed by atoms with Crippen molar-refractivity contribution < 1.29 is 9.53 Å². The van der Waals surface area contributed by atoms with Crippen LogP contribution in [0.5, 0.6) is 0 Å². The second-order valence-electron chi connectivity index (χ2n) is 5.68. The van der Waals surface area contributed by atoms with E-state index >= 15 is 0 Å². The number of methoxy groups -OCH3 is 1. The first-order chi connectivity index (χ1) is 8.84. The van der Waals surface area contributed by atoms with E-state index in [0.717, 1.165) is 13.1 Å². The van der Waals surface area contributed by atoms with Crippen molar-refractivity contribution in [3.8, 4) is 0 Å². The summed E-state index contributed by atoms with van der Waals surface area (Å²) in [5, 5.41) is 10.8. The Kier molecular flexibility index (Phi) is 3.40. The molecule has 2 rings (SSSR count). The average molecular weight is 267 g/mol. The minimum atomic E-state index is -0.470. The van der Waals surface area contributed by atoms with E-state index in [1.54, 1.807) is 4.68 Å². The highest BCUT2D eigenvalue weighted by atomic mass is 16.5. The van der Waals surface area contributed by atoms with Crippen LogP contribution in [0.2, 0.25) is 0 Å². The molecule has 1 fully saturated rings. The Morgan fingerprint density at radius 1 is 1.53 bits per heavy atom. The number of anilines is 2. The Bertz CT molecular complexity index is 485. The highest BCUT2D eigenvalue weighted by Gasteiger charge is 2.29.